The van der Waals surface area contributed by atoms with Gasteiger partial charge in [-0.05, 0) is 43.3 Å². The molecule has 1 amide bonds. The Morgan fingerprint density at radius 3 is 2.45 bits per heavy atom. The molecule has 4 rings (SSSR count). The van der Waals surface area contributed by atoms with Gasteiger partial charge >= 0.3 is 6.36 Å². The predicted molar refractivity (Wildman–Crippen MR) is 110 cm³/mol. The Morgan fingerprint density at radius 1 is 1.10 bits per heavy atom. The van der Waals surface area contributed by atoms with Crippen LogP contribution in [-0.2, 0) is 7.05 Å². The molecule has 1 N–H and O–H groups in total. The number of halogens is 3. The number of nitrogens with one attached hydrogen (secondary N) is 1. The van der Waals surface area contributed by atoms with E-state index in [9.17, 15) is 18.0 Å². The second-order valence-corrected chi connectivity index (χ2v) is 6.90. The quantitative estimate of drug-likeness (QED) is 0.493. The van der Waals surface area contributed by atoms with Crippen LogP contribution < -0.4 is 10.1 Å². The number of nitrogens with zero attached hydrogens (tertiary/aromatic N) is 3. The average molecular weight is 426 g/mol. The van der Waals surface area contributed by atoms with Crippen molar-refractivity contribution in [3.8, 4) is 17.0 Å². The zero-order valence-corrected chi connectivity index (χ0v) is 16.6. The Labute approximate surface area is 175 Å². The Kier molecular flexibility index (Phi) is 5.10. The standard InChI is InChI=1S/C22H17F3N4O2/c1-13-18(12-29(2)28-13)20-11-17(16-5-3-4-6-19(16)27-20)21(30)26-14-7-9-15(10-8-14)31-22(23,24)25/h3-12H,1-2H3,(H,26,30). The number of hydrogen-bond donors (Lipinski definition) is 1. The summed E-state index contributed by atoms with van der Waals surface area (Å²) in [7, 11) is 1.80. The van der Waals surface area contributed by atoms with E-state index in [0.29, 0.717) is 27.8 Å². The summed E-state index contributed by atoms with van der Waals surface area (Å²) >= 11 is 0. The summed E-state index contributed by atoms with van der Waals surface area (Å²) in [4.78, 5) is 17.7. The van der Waals surface area contributed by atoms with Gasteiger partial charge in [0.05, 0.1) is 22.5 Å². The fraction of sp³-hybridized carbons (Fsp3) is 0.136. The highest BCUT2D eigenvalue weighted by Crippen LogP contribution is 2.28. The summed E-state index contributed by atoms with van der Waals surface area (Å²) < 4.78 is 42.5. The minimum Gasteiger partial charge on any atom is -0.406 e. The third-order valence-corrected chi connectivity index (χ3v) is 4.60. The number of carbonyl (C=O) groups is 1. The zero-order chi connectivity index (χ0) is 22.2. The molecule has 2 aromatic heterocycles. The molecule has 0 fully saturated rings. The Bertz CT molecular complexity index is 1260. The fourth-order valence-electron chi connectivity index (χ4n) is 3.29. The molecule has 31 heavy (non-hydrogen) atoms. The Morgan fingerprint density at radius 2 is 1.81 bits per heavy atom. The maximum atomic E-state index is 13.0. The monoisotopic (exact) mass is 426 g/mol. The first-order chi connectivity index (χ1) is 14.7. The maximum Gasteiger partial charge on any atom is 0.573 e. The van der Waals surface area contributed by atoms with Crippen molar-refractivity contribution < 1.29 is 22.7 Å². The Balaban J connectivity index is 1.68. The van der Waals surface area contributed by atoms with Gasteiger partial charge in [-0.15, -0.1) is 13.2 Å². The van der Waals surface area contributed by atoms with Crippen LogP contribution in [0.25, 0.3) is 22.2 Å². The molecular formula is C22H17F3N4O2. The maximum absolute atomic E-state index is 13.0. The second kappa shape index (κ2) is 7.75. The molecule has 0 bridgehead atoms. The van der Waals surface area contributed by atoms with E-state index >= 15 is 0 Å². The van der Waals surface area contributed by atoms with Crippen LogP contribution in [0.3, 0.4) is 0 Å². The zero-order valence-electron chi connectivity index (χ0n) is 16.6. The van der Waals surface area contributed by atoms with Crippen molar-refractivity contribution in [2.45, 2.75) is 13.3 Å². The molecule has 0 aliphatic rings. The van der Waals surface area contributed by atoms with Crippen LogP contribution in [0.4, 0.5) is 18.9 Å². The van der Waals surface area contributed by atoms with Crippen LogP contribution >= 0.6 is 0 Å². The molecule has 0 unspecified atom stereocenters. The highest BCUT2D eigenvalue weighted by molar-refractivity contribution is 6.13. The molecule has 6 nitrogen and oxygen atoms in total. The summed E-state index contributed by atoms with van der Waals surface area (Å²) in [5, 5.41) is 7.70. The molecule has 2 heterocycles. The number of anilines is 1. The van der Waals surface area contributed by atoms with Gasteiger partial charge in [0, 0.05) is 29.9 Å². The normalized spacial score (nSPS) is 11.5. The van der Waals surface area contributed by atoms with Crippen molar-refractivity contribution in [2.24, 2.45) is 7.05 Å². The predicted octanol–water partition coefficient (Wildman–Crippen LogP) is 5.09. The number of benzene rings is 2. The van der Waals surface area contributed by atoms with E-state index in [4.69, 9.17) is 0 Å². The summed E-state index contributed by atoms with van der Waals surface area (Å²) in [6.07, 6.45) is -2.95. The smallest absolute Gasteiger partial charge is 0.406 e. The van der Waals surface area contributed by atoms with Crippen LogP contribution in [0.15, 0.2) is 60.8 Å². The van der Waals surface area contributed by atoms with Gasteiger partial charge in [-0.3, -0.25) is 9.48 Å². The molecule has 0 spiro atoms. The third-order valence-electron chi connectivity index (χ3n) is 4.60. The van der Waals surface area contributed by atoms with Gasteiger partial charge in [0.2, 0.25) is 0 Å². The van der Waals surface area contributed by atoms with Gasteiger partial charge < -0.3 is 10.1 Å². The summed E-state index contributed by atoms with van der Waals surface area (Å²) in [6.45, 7) is 1.86. The fourth-order valence-corrected chi connectivity index (χ4v) is 3.29. The van der Waals surface area contributed by atoms with Crippen LogP contribution in [0.2, 0.25) is 0 Å². The number of hydrogen-bond acceptors (Lipinski definition) is 4. The lowest BCUT2D eigenvalue weighted by Gasteiger charge is -2.12. The lowest BCUT2D eigenvalue weighted by atomic mass is 10.0. The molecule has 9 heteroatoms. The van der Waals surface area contributed by atoms with Crippen molar-refractivity contribution in [3.63, 3.8) is 0 Å². The molecule has 0 radical (unpaired) electrons. The van der Waals surface area contributed by atoms with Gasteiger partial charge in [0.1, 0.15) is 5.75 Å². The van der Waals surface area contributed by atoms with Crippen molar-refractivity contribution >= 4 is 22.5 Å². The van der Waals surface area contributed by atoms with E-state index in [1.165, 1.54) is 12.1 Å². The van der Waals surface area contributed by atoms with E-state index in [-0.39, 0.29) is 5.75 Å². The number of para-hydroxylation sites is 1. The number of pyridine rings is 1. The second-order valence-electron chi connectivity index (χ2n) is 6.90. The largest absolute Gasteiger partial charge is 0.573 e. The molecule has 0 aliphatic carbocycles. The summed E-state index contributed by atoms with van der Waals surface area (Å²) in [6, 6.07) is 13.9. The first-order valence-corrected chi connectivity index (χ1v) is 9.27. The Hall–Kier alpha value is -3.88. The van der Waals surface area contributed by atoms with Crippen LogP contribution in [-0.4, -0.2) is 27.0 Å². The number of alkyl halides is 3. The topological polar surface area (TPSA) is 69.0 Å². The number of fused-ring (bicyclic) bond motifs is 1. The SMILES string of the molecule is Cc1nn(C)cc1-c1cc(C(=O)Nc2ccc(OC(F)(F)F)cc2)c2ccccc2n1. The first-order valence-electron chi connectivity index (χ1n) is 9.27. The van der Waals surface area contributed by atoms with Gasteiger partial charge in [-0.2, -0.15) is 5.10 Å². The highest BCUT2D eigenvalue weighted by atomic mass is 19.4. The van der Waals surface area contributed by atoms with Crippen LogP contribution in [0.1, 0.15) is 16.1 Å². The lowest BCUT2D eigenvalue weighted by molar-refractivity contribution is -0.274. The van der Waals surface area contributed by atoms with Crippen molar-refractivity contribution in [1.82, 2.24) is 14.8 Å². The van der Waals surface area contributed by atoms with E-state index < -0.39 is 12.3 Å². The molecule has 0 aliphatic heterocycles. The third kappa shape index (κ3) is 4.50. The molecule has 4 aromatic rings. The van der Waals surface area contributed by atoms with E-state index in [1.807, 2.05) is 25.3 Å². The molecule has 0 saturated carbocycles. The van der Waals surface area contributed by atoms with Gasteiger partial charge in [-0.25, -0.2) is 4.98 Å². The minimum atomic E-state index is -4.78. The molecular weight excluding hydrogens is 409 g/mol. The average Bonchev–Trinajstić information content (AvgIpc) is 3.05. The molecule has 2 aromatic carbocycles. The number of aromatic nitrogens is 3. The van der Waals surface area contributed by atoms with Crippen molar-refractivity contribution in [1.29, 1.82) is 0 Å². The van der Waals surface area contributed by atoms with E-state index in [1.54, 1.807) is 29.9 Å². The number of ether oxygens (including phenoxy) is 1. The number of rotatable bonds is 4. The lowest BCUT2D eigenvalue weighted by Crippen LogP contribution is -2.17. The number of carbonyl (C=O) groups excluding carboxylic acids is 1. The number of aryl methyl sites for hydroxylation is 2. The minimum absolute atomic E-state index is 0.333. The van der Waals surface area contributed by atoms with Gasteiger partial charge in [0.15, 0.2) is 0 Å². The van der Waals surface area contributed by atoms with Crippen LogP contribution in [0, 0.1) is 6.92 Å². The molecule has 158 valence electrons. The van der Waals surface area contributed by atoms with Crippen molar-refractivity contribution in [2.75, 3.05) is 5.32 Å². The van der Waals surface area contributed by atoms with Gasteiger partial charge in [-0.1, -0.05) is 18.2 Å². The highest BCUT2D eigenvalue weighted by Gasteiger charge is 2.31. The summed E-state index contributed by atoms with van der Waals surface area (Å²) in [5.74, 6) is -0.778. The van der Waals surface area contributed by atoms with Crippen LogP contribution in [0.5, 0.6) is 5.75 Å². The van der Waals surface area contributed by atoms with Gasteiger partial charge in [0.25, 0.3) is 5.91 Å². The van der Waals surface area contributed by atoms with Crippen molar-refractivity contribution in [3.05, 3.63) is 72.1 Å². The molecule has 0 saturated heterocycles. The summed E-state index contributed by atoms with van der Waals surface area (Å²) in [5.41, 5.74) is 3.54. The number of amides is 1. The van der Waals surface area contributed by atoms with E-state index in [2.05, 4.69) is 20.1 Å². The first kappa shape index (κ1) is 20.4. The van der Waals surface area contributed by atoms with E-state index in [0.717, 1.165) is 23.4 Å². The molecule has 0 atom stereocenters.